The number of nitrogens with two attached hydrogens (primary N) is 1. The lowest BCUT2D eigenvalue weighted by Crippen LogP contribution is -2.27. The molecule has 3 N–H and O–H groups in total. The Hall–Kier alpha value is -0.720. The lowest BCUT2D eigenvalue weighted by Gasteiger charge is -2.13. The van der Waals surface area contributed by atoms with Gasteiger partial charge in [-0.1, -0.05) is 15.9 Å². The number of rotatable bonds is 5. The second kappa shape index (κ2) is 6.12. The molecule has 0 aliphatic rings. The summed E-state index contributed by atoms with van der Waals surface area (Å²) in [7, 11) is 0. The highest BCUT2D eigenvalue weighted by molar-refractivity contribution is 9.10. The molecule has 1 aromatic rings. The van der Waals surface area contributed by atoms with Crippen molar-refractivity contribution in [1.29, 1.82) is 0 Å². The summed E-state index contributed by atoms with van der Waals surface area (Å²) < 4.78 is 29.3. The molecule has 90 valence electrons. The number of hydrogen-bond acceptors (Lipinski definition) is 3. The smallest absolute Gasteiger partial charge is 0.387 e. The molecule has 1 aromatic carbocycles. The van der Waals surface area contributed by atoms with Crippen LogP contribution in [0.5, 0.6) is 5.75 Å². The Bertz CT molecular complexity index is 350. The molecule has 0 spiro atoms. The largest absolute Gasteiger partial charge is 0.435 e. The molecule has 0 fully saturated rings. The van der Waals surface area contributed by atoms with Crippen molar-refractivity contribution in [1.82, 2.24) is 0 Å². The van der Waals surface area contributed by atoms with E-state index < -0.39 is 12.7 Å². The van der Waals surface area contributed by atoms with Crippen molar-refractivity contribution in [2.75, 3.05) is 6.61 Å². The fourth-order valence-corrected chi connectivity index (χ4v) is 1.67. The minimum atomic E-state index is -2.87. The summed E-state index contributed by atoms with van der Waals surface area (Å²) in [5.74, 6) is 0.0853. The zero-order chi connectivity index (χ0) is 12.1. The summed E-state index contributed by atoms with van der Waals surface area (Å²) in [6, 6.07) is 4.20. The summed E-state index contributed by atoms with van der Waals surface area (Å²) in [6.07, 6.45) is 0.276. The summed E-state index contributed by atoms with van der Waals surface area (Å²) in [6.45, 7) is -3.08. The Morgan fingerprint density at radius 1 is 1.44 bits per heavy atom. The molecule has 16 heavy (non-hydrogen) atoms. The van der Waals surface area contributed by atoms with Crippen LogP contribution in [-0.4, -0.2) is 24.4 Å². The van der Waals surface area contributed by atoms with E-state index in [4.69, 9.17) is 10.8 Å². The van der Waals surface area contributed by atoms with Crippen molar-refractivity contribution in [3.05, 3.63) is 28.2 Å². The monoisotopic (exact) mass is 295 g/mol. The molecule has 1 unspecified atom stereocenters. The molecule has 0 saturated carbocycles. The summed E-state index contributed by atoms with van der Waals surface area (Å²) in [5, 5.41) is 8.81. The van der Waals surface area contributed by atoms with Crippen molar-refractivity contribution in [3.63, 3.8) is 0 Å². The van der Waals surface area contributed by atoms with E-state index >= 15 is 0 Å². The first-order chi connectivity index (χ1) is 7.52. The van der Waals surface area contributed by atoms with Crippen LogP contribution in [0, 0.1) is 0 Å². The molecule has 0 amide bonds. The predicted octanol–water partition coefficient (Wildman–Crippen LogP) is 1.91. The SMILES string of the molecule is NC(CO)Cc1cc(Br)ccc1OC(F)F. The Morgan fingerprint density at radius 2 is 2.12 bits per heavy atom. The Kier molecular flexibility index (Phi) is 5.11. The summed E-state index contributed by atoms with van der Waals surface area (Å²) >= 11 is 3.23. The molecule has 0 bridgehead atoms. The van der Waals surface area contributed by atoms with E-state index in [1.54, 1.807) is 12.1 Å². The molecule has 0 radical (unpaired) electrons. The van der Waals surface area contributed by atoms with Gasteiger partial charge in [0, 0.05) is 10.5 Å². The molecule has 1 atom stereocenters. The molecular formula is C10H12BrF2NO2. The highest BCUT2D eigenvalue weighted by Gasteiger charge is 2.12. The molecule has 0 heterocycles. The number of hydrogen-bond donors (Lipinski definition) is 2. The fourth-order valence-electron chi connectivity index (χ4n) is 1.27. The van der Waals surface area contributed by atoms with Crippen molar-refractivity contribution in [2.45, 2.75) is 19.1 Å². The number of alkyl halides is 2. The zero-order valence-corrected chi connectivity index (χ0v) is 9.95. The first-order valence-electron chi connectivity index (χ1n) is 4.62. The van der Waals surface area contributed by atoms with Gasteiger partial charge in [-0.25, -0.2) is 0 Å². The van der Waals surface area contributed by atoms with Crippen LogP contribution in [0.1, 0.15) is 5.56 Å². The lowest BCUT2D eigenvalue weighted by molar-refractivity contribution is -0.0505. The average molecular weight is 296 g/mol. The molecule has 1 rings (SSSR count). The van der Waals surface area contributed by atoms with Gasteiger partial charge in [-0.3, -0.25) is 0 Å². The standard InChI is InChI=1S/C10H12BrF2NO2/c11-7-1-2-9(16-10(12)13)6(3-7)4-8(14)5-15/h1-3,8,10,15H,4-5,14H2. The zero-order valence-electron chi connectivity index (χ0n) is 8.37. The van der Waals surface area contributed by atoms with E-state index in [9.17, 15) is 8.78 Å². The van der Waals surface area contributed by atoms with Crippen LogP contribution in [0.4, 0.5) is 8.78 Å². The Balaban J connectivity index is 2.89. The van der Waals surface area contributed by atoms with E-state index in [0.29, 0.717) is 5.56 Å². The van der Waals surface area contributed by atoms with E-state index in [-0.39, 0.29) is 18.8 Å². The Morgan fingerprint density at radius 3 is 2.69 bits per heavy atom. The van der Waals surface area contributed by atoms with Crippen molar-refractivity contribution < 1.29 is 18.6 Å². The van der Waals surface area contributed by atoms with Gasteiger partial charge in [-0.05, 0) is 30.2 Å². The molecule has 6 heteroatoms. The minimum Gasteiger partial charge on any atom is -0.435 e. The first kappa shape index (κ1) is 13.3. The number of ether oxygens (including phenoxy) is 1. The van der Waals surface area contributed by atoms with Gasteiger partial charge in [0.1, 0.15) is 5.75 Å². The maximum absolute atomic E-state index is 12.1. The topological polar surface area (TPSA) is 55.5 Å². The van der Waals surface area contributed by atoms with E-state index in [1.807, 2.05) is 0 Å². The van der Waals surface area contributed by atoms with Crippen LogP contribution >= 0.6 is 15.9 Å². The molecule has 3 nitrogen and oxygen atoms in total. The highest BCUT2D eigenvalue weighted by Crippen LogP contribution is 2.25. The van der Waals surface area contributed by atoms with Gasteiger partial charge in [0.25, 0.3) is 0 Å². The highest BCUT2D eigenvalue weighted by atomic mass is 79.9. The summed E-state index contributed by atoms with van der Waals surface area (Å²) in [4.78, 5) is 0. The van der Waals surface area contributed by atoms with E-state index in [1.165, 1.54) is 6.07 Å². The van der Waals surface area contributed by atoms with E-state index in [2.05, 4.69) is 20.7 Å². The van der Waals surface area contributed by atoms with Crippen LogP contribution in [-0.2, 0) is 6.42 Å². The van der Waals surface area contributed by atoms with Gasteiger partial charge in [-0.15, -0.1) is 0 Å². The van der Waals surface area contributed by atoms with Gasteiger partial charge >= 0.3 is 6.61 Å². The van der Waals surface area contributed by atoms with Crippen molar-refractivity contribution >= 4 is 15.9 Å². The van der Waals surface area contributed by atoms with Crippen molar-refractivity contribution in [3.8, 4) is 5.75 Å². The van der Waals surface area contributed by atoms with Gasteiger partial charge in [0.05, 0.1) is 6.61 Å². The Labute approximate surface area is 100 Å². The maximum Gasteiger partial charge on any atom is 0.387 e. The first-order valence-corrected chi connectivity index (χ1v) is 5.42. The van der Waals surface area contributed by atoms with Gasteiger partial charge in [0.2, 0.25) is 0 Å². The second-order valence-corrected chi connectivity index (χ2v) is 4.19. The van der Waals surface area contributed by atoms with Crippen LogP contribution in [0.2, 0.25) is 0 Å². The van der Waals surface area contributed by atoms with Crippen LogP contribution < -0.4 is 10.5 Å². The number of aliphatic hydroxyl groups excluding tert-OH is 1. The molecule has 0 aliphatic heterocycles. The predicted molar refractivity (Wildman–Crippen MR) is 59.5 cm³/mol. The van der Waals surface area contributed by atoms with E-state index in [0.717, 1.165) is 4.47 Å². The second-order valence-electron chi connectivity index (χ2n) is 3.28. The third-order valence-corrected chi connectivity index (χ3v) is 2.45. The minimum absolute atomic E-state index is 0.0853. The van der Waals surface area contributed by atoms with Gasteiger partial charge in [0.15, 0.2) is 0 Å². The number of halogens is 3. The molecule has 0 saturated heterocycles. The average Bonchev–Trinajstić information content (AvgIpc) is 2.21. The van der Waals surface area contributed by atoms with Gasteiger partial charge in [-0.2, -0.15) is 8.78 Å². The third-order valence-electron chi connectivity index (χ3n) is 1.96. The van der Waals surface area contributed by atoms with Crippen LogP contribution in [0.3, 0.4) is 0 Å². The number of benzene rings is 1. The number of aliphatic hydroxyl groups is 1. The fraction of sp³-hybridized carbons (Fsp3) is 0.400. The lowest BCUT2D eigenvalue weighted by atomic mass is 10.1. The molecular weight excluding hydrogens is 284 g/mol. The quantitative estimate of drug-likeness (QED) is 0.872. The normalized spacial score (nSPS) is 12.9. The third kappa shape index (κ3) is 4.03. The molecule has 0 aromatic heterocycles. The van der Waals surface area contributed by atoms with Crippen molar-refractivity contribution in [2.24, 2.45) is 5.73 Å². The summed E-state index contributed by atoms with van der Waals surface area (Å²) in [5.41, 5.74) is 6.08. The van der Waals surface area contributed by atoms with Crippen LogP contribution in [0.15, 0.2) is 22.7 Å². The van der Waals surface area contributed by atoms with Gasteiger partial charge < -0.3 is 15.6 Å². The maximum atomic E-state index is 12.1. The molecule has 0 aliphatic carbocycles. The van der Waals surface area contributed by atoms with Crippen LogP contribution in [0.25, 0.3) is 0 Å².